The minimum Gasteiger partial charge on any atom is -0.328 e. The van der Waals surface area contributed by atoms with Crippen LogP contribution in [-0.2, 0) is 12.8 Å². The average Bonchev–Trinajstić information content (AvgIpc) is 2.88. The van der Waals surface area contributed by atoms with E-state index in [1.165, 1.54) is 16.0 Å². The minimum atomic E-state index is 0.312. The molecule has 1 nitrogen and oxygen atoms in total. The summed E-state index contributed by atoms with van der Waals surface area (Å²) < 4.78 is 0. The summed E-state index contributed by atoms with van der Waals surface area (Å²) in [6.45, 7) is 2.17. The Bertz CT molecular complexity index is 462. The molecular formula is C16H21NS. The van der Waals surface area contributed by atoms with Gasteiger partial charge in [-0.25, -0.2) is 0 Å². The molecule has 0 saturated carbocycles. The molecule has 2 heteroatoms. The molecule has 1 aromatic carbocycles. The summed E-state index contributed by atoms with van der Waals surface area (Å²) in [6, 6.07) is 13.2. The summed E-state index contributed by atoms with van der Waals surface area (Å²) in [7, 11) is 0. The summed E-state index contributed by atoms with van der Waals surface area (Å²) in [5.74, 6) is 0. The first-order valence-corrected chi connectivity index (χ1v) is 7.46. The van der Waals surface area contributed by atoms with Crippen molar-refractivity contribution in [2.45, 2.75) is 38.6 Å². The fourth-order valence-electron chi connectivity index (χ4n) is 2.16. The summed E-state index contributed by atoms with van der Waals surface area (Å²) in [6.07, 6.45) is 4.38. The van der Waals surface area contributed by atoms with E-state index in [0.29, 0.717) is 6.04 Å². The molecule has 1 aromatic heterocycles. The first kappa shape index (κ1) is 13.3. The van der Waals surface area contributed by atoms with Crippen LogP contribution in [0.3, 0.4) is 0 Å². The SMILES string of the molecule is Cc1ccccc1CCC(N)CCc1cccs1. The molecule has 2 N–H and O–H groups in total. The van der Waals surface area contributed by atoms with Crippen molar-refractivity contribution in [3.05, 3.63) is 57.8 Å². The summed E-state index contributed by atoms with van der Waals surface area (Å²) in [4.78, 5) is 1.45. The number of nitrogens with two attached hydrogens (primary N) is 1. The standard InChI is InChI=1S/C16H21NS/c1-13-5-2-3-6-14(13)8-9-15(17)10-11-16-7-4-12-18-16/h2-7,12,15H,8-11,17H2,1H3. The topological polar surface area (TPSA) is 26.0 Å². The molecule has 0 fully saturated rings. The maximum Gasteiger partial charge on any atom is 0.00458 e. The predicted molar refractivity (Wildman–Crippen MR) is 80.1 cm³/mol. The average molecular weight is 259 g/mol. The molecule has 1 heterocycles. The van der Waals surface area contributed by atoms with Crippen molar-refractivity contribution in [1.82, 2.24) is 0 Å². The lowest BCUT2D eigenvalue weighted by Crippen LogP contribution is -2.21. The molecule has 96 valence electrons. The third kappa shape index (κ3) is 3.97. The van der Waals surface area contributed by atoms with Crippen LogP contribution in [0.2, 0.25) is 0 Å². The highest BCUT2D eigenvalue weighted by Crippen LogP contribution is 2.15. The van der Waals surface area contributed by atoms with E-state index in [9.17, 15) is 0 Å². The number of hydrogen-bond donors (Lipinski definition) is 1. The minimum absolute atomic E-state index is 0.312. The smallest absolute Gasteiger partial charge is 0.00458 e. The second-order valence-corrected chi connectivity index (χ2v) is 5.88. The Morgan fingerprint density at radius 3 is 2.56 bits per heavy atom. The molecule has 1 atom stereocenters. The van der Waals surface area contributed by atoms with E-state index in [1.807, 2.05) is 11.3 Å². The monoisotopic (exact) mass is 259 g/mol. The molecule has 0 saturated heterocycles. The van der Waals surface area contributed by atoms with E-state index < -0.39 is 0 Å². The van der Waals surface area contributed by atoms with Gasteiger partial charge in [0.25, 0.3) is 0 Å². The molecule has 0 aliphatic carbocycles. The van der Waals surface area contributed by atoms with E-state index in [-0.39, 0.29) is 0 Å². The fraction of sp³-hybridized carbons (Fsp3) is 0.375. The van der Waals surface area contributed by atoms with E-state index >= 15 is 0 Å². The number of thiophene rings is 1. The number of rotatable bonds is 6. The molecule has 1 unspecified atom stereocenters. The van der Waals surface area contributed by atoms with Gasteiger partial charge in [0.05, 0.1) is 0 Å². The van der Waals surface area contributed by atoms with Crippen molar-refractivity contribution in [3.8, 4) is 0 Å². The van der Waals surface area contributed by atoms with Crippen LogP contribution < -0.4 is 5.73 Å². The van der Waals surface area contributed by atoms with Crippen LogP contribution in [-0.4, -0.2) is 6.04 Å². The van der Waals surface area contributed by atoms with Crippen LogP contribution >= 0.6 is 11.3 Å². The molecule has 2 rings (SSSR count). The Balaban J connectivity index is 1.75. The van der Waals surface area contributed by atoms with Crippen LogP contribution in [0.15, 0.2) is 41.8 Å². The Morgan fingerprint density at radius 1 is 1.06 bits per heavy atom. The first-order chi connectivity index (χ1) is 8.75. The Labute approximate surface area is 114 Å². The number of aryl methyl sites for hydroxylation is 3. The van der Waals surface area contributed by atoms with Gasteiger partial charge in [0, 0.05) is 10.9 Å². The molecule has 18 heavy (non-hydrogen) atoms. The lowest BCUT2D eigenvalue weighted by molar-refractivity contribution is 0.570. The molecule has 0 amide bonds. The van der Waals surface area contributed by atoms with Gasteiger partial charge in [-0.3, -0.25) is 0 Å². The predicted octanol–water partition coefficient (Wildman–Crippen LogP) is 3.95. The summed E-state index contributed by atoms with van der Waals surface area (Å²) >= 11 is 1.83. The van der Waals surface area contributed by atoms with E-state index in [1.54, 1.807) is 0 Å². The maximum atomic E-state index is 6.19. The van der Waals surface area contributed by atoms with Crippen molar-refractivity contribution in [2.24, 2.45) is 5.73 Å². The fourth-order valence-corrected chi connectivity index (χ4v) is 2.88. The van der Waals surface area contributed by atoms with Crippen molar-refractivity contribution in [3.63, 3.8) is 0 Å². The third-order valence-corrected chi connectivity index (χ3v) is 4.32. The largest absolute Gasteiger partial charge is 0.328 e. The van der Waals surface area contributed by atoms with Gasteiger partial charge in [0.1, 0.15) is 0 Å². The Hall–Kier alpha value is -1.12. The molecule has 0 aliphatic rings. The second kappa shape index (κ2) is 6.72. The normalized spacial score (nSPS) is 12.6. The van der Waals surface area contributed by atoms with Gasteiger partial charge < -0.3 is 5.73 Å². The molecule has 0 aliphatic heterocycles. The zero-order valence-corrected chi connectivity index (χ0v) is 11.7. The Kier molecular flexibility index (Phi) is 4.97. The van der Waals surface area contributed by atoms with Gasteiger partial charge in [-0.15, -0.1) is 11.3 Å². The van der Waals surface area contributed by atoms with Crippen molar-refractivity contribution in [2.75, 3.05) is 0 Å². The van der Waals surface area contributed by atoms with Crippen molar-refractivity contribution in [1.29, 1.82) is 0 Å². The number of benzene rings is 1. The van der Waals surface area contributed by atoms with Crippen LogP contribution in [0.1, 0.15) is 28.8 Å². The first-order valence-electron chi connectivity index (χ1n) is 6.58. The Morgan fingerprint density at radius 2 is 1.83 bits per heavy atom. The summed E-state index contributed by atoms with van der Waals surface area (Å²) in [5, 5.41) is 2.13. The molecule has 0 radical (unpaired) electrons. The van der Waals surface area contributed by atoms with Crippen LogP contribution in [0.4, 0.5) is 0 Å². The lowest BCUT2D eigenvalue weighted by Gasteiger charge is -2.12. The zero-order valence-electron chi connectivity index (χ0n) is 10.9. The highest BCUT2D eigenvalue weighted by atomic mass is 32.1. The third-order valence-electron chi connectivity index (χ3n) is 3.39. The van der Waals surface area contributed by atoms with Crippen LogP contribution in [0.5, 0.6) is 0 Å². The van der Waals surface area contributed by atoms with Crippen LogP contribution in [0, 0.1) is 6.92 Å². The van der Waals surface area contributed by atoms with E-state index in [2.05, 4.69) is 48.7 Å². The van der Waals surface area contributed by atoms with E-state index in [0.717, 1.165) is 25.7 Å². The van der Waals surface area contributed by atoms with Gasteiger partial charge in [-0.05, 0) is 55.2 Å². The van der Waals surface area contributed by atoms with Crippen molar-refractivity contribution >= 4 is 11.3 Å². The lowest BCUT2D eigenvalue weighted by atomic mass is 9.99. The molecule has 2 aromatic rings. The molecule has 0 spiro atoms. The maximum absolute atomic E-state index is 6.19. The van der Waals surface area contributed by atoms with Gasteiger partial charge in [0.15, 0.2) is 0 Å². The molecular weight excluding hydrogens is 238 g/mol. The highest BCUT2D eigenvalue weighted by Gasteiger charge is 2.05. The van der Waals surface area contributed by atoms with Gasteiger partial charge >= 0.3 is 0 Å². The zero-order chi connectivity index (χ0) is 12.8. The summed E-state index contributed by atoms with van der Waals surface area (Å²) in [5.41, 5.74) is 9.00. The quantitative estimate of drug-likeness (QED) is 0.835. The van der Waals surface area contributed by atoms with Gasteiger partial charge in [0.2, 0.25) is 0 Å². The van der Waals surface area contributed by atoms with Gasteiger partial charge in [-0.2, -0.15) is 0 Å². The van der Waals surface area contributed by atoms with Gasteiger partial charge in [-0.1, -0.05) is 30.3 Å². The van der Waals surface area contributed by atoms with Crippen LogP contribution in [0.25, 0.3) is 0 Å². The second-order valence-electron chi connectivity index (χ2n) is 4.84. The van der Waals surface area contributed by atoms with Crippen molar-refractivity contribution < 1.29 is 0 Å². The molecule has 0 bridgehead atoms. The highest BCUT2D eigenvalue weighted by molar-refractivity contribution is 7.09. The number of hydrogen-bond acceptors (Lipinski definition) is 2. The van der Waals surface area contributed by atoms with E-state index in [4.69, 9.17) is 5.73 Å².